The van der Waals surface area contributed by atoms with Crippen LogP contribution in [-0.2, 0) is 17.8 Å². The summed E-state index contributed by atoms with van der Waals surface area (Å²) in [5.41, 5.74) is 9.26. The quantitative estimate of drug-likeness (QED) is 0.849. The van der Waals surface area contributed by atoms with Crippen molar-refractivity contribution < 1.29 is 9.18 Å². The normalized spacial score (nSPS) is 15.5. The monoisotopic (exact) mass is 374 g/mol. The van der Waals surface area contributed by atoms with Gasteiger partial charge in [0.25, 0.3) is 0 Å². The van der Waals surface area contributed by atoms with Gasteiger partial charge in [0.05, 0.1) is 5.92 Å². The smallest absolute Gasteiger partial charge is 0.225 e. The molecule has 0 saturated carbocycles. The second-order valence-electron chi connectivity index (χ2n) is 7.99. The minimum absolute atomic E-state index is 0.190. The van der Waals surface area contributed by atoms with E-state index in [-0.39, 0.29) is 17.1 Å². The molecule has 1 atom stereocenters. The number of primary amides is 1. The molecular weight excluding hydrogens is 351 g/mol. The van der Waals surface area contributed by atoms with Crippen LogP contribution in [0.25, 0.3) is 0 Å². The largest absolute Gasteiger partial charge is 0.369 e. The van der Waals surface area contributed by atoms with Gasteiger partial charge in [-0.2, -0.15) is 0 Å². The molecule has 0 radical (unpaired) electrons. The first kappa shape index (κ1) is 18.7. The maximum Gasteiger partial charge on any atom is 0.225 e. The first-order valence-corrected chi connectivity index (χ1v) is 9.15. The molecule has 0 spiro atoms. The summed E-state index contributed by atoms with van der Waals surface area (Å²) in [6.07, 6.45) is 0.790. The number of halogens is 2. The number of carbonyl (C=O) groups excluding carboxylic acids is 1. The number of hydrogen-bond donors (Lipinski definition) is 1. The van der Waals surface area contributed by atoms with Crippen LogP contribution in [-0.4, -0.2) is 12.5 Å². The van der Waals surface area contributed by atoms with Gasteiger partial charge in [0.2, 0.25) is 5.91 Å². The van der Waals surface area contributed by atoms with Gasteiger partial charge in [0.1, 0.15) is 5.82 Å². The summed E-state index contributed by atoms with van der Waals surface area (Å²) in [6, 6.07) is 10.7. The molecular formula is C21H24ClFN2O. The van der Waals surface area contributed by atoms with Crippen molar-refractivity contribution in [3.63, 3.8) is 0 Å². The number of amides is 1. The average Bonchev–Trinajstić information content (AvgIpc) is 2.54. The van der Waals surface area contributed by atoms with E-state index in [1.54, 1.807) is 6.07 Å². The zero-order valence-corrected chi connectivity index (χ0v) is 16.1. The molecule has 0 aromatic heterocycles. The standard InChI is InChI=1S/C21H24ClFN2O/c1-21(2,3)19(20(24)26)17-7-6-16(11-18(17)22)25-9-8-13-10-15(23)5-4-14(13)12-25/h4-7,10-11,19H,8-9,12H2,1-3H3,(H2,24,26). The molecule has 1 heterocycles. The Balaban J connectivity index is 1.88. The number of rotatable bonds is 3. The fourth-order valence-corrected chi connectivity index (χ4v) is 4.02. The summed E-state index contributed by atoms with van der Waals surface area (Å²) in [7, 11) is 0. The Labute approximate surface area is 158 Å². The van der Waals surface area contributed by atoms with E-state index in [2.05, 4.69) is 4.90 Å². The van der Waals surface area contributed by atoms with Gasteiger partial charge in [-0.05, 0) is 52.8 Å². The Morgan fingerprint density at radius 3 is 2.54 bits per heavy atom. The summed E-state index contributed by atoms with van der Waals surface area (Å²) in [4.78, 5) is 14.2. The molecule has 0 saturated heterocycles. The first-order valence-electron chi connectivity index (χ1n) is 8.78. The van der Waals surface area contributed by atoms with Crippen molar-refractivity contribution in [1.29, 1.82) is 0 Å². The molecule has 2 N–H and O–H groups in total. The van der Waals surface area contributed by atoms with Gasteiger partial charge in [-0.25, -0.2) is 4.39 Å². The Kier molecular flexibility index (Phi) is 4.98. The number of nitrogens with two attached hydrogens (primary N) is 1. The van der Waals surface area contributed by atoms with Crippen LogP contribution >= 0.6 is 11.6 Å². The first-order chi connectivity index (χ1) is 12.2. The number of fused-ring (bicyclic) bond motifs is 1. The van der Waals surface area contributed by atoms with E-state index in [0.717, 1.165) is 35.3 Å². The molecule has 26 heavy (non-hydrogen) atoms. The van der Waals surface area contributed by atoms with Crippen molar-refractivity contribution in [2.45, 2.75) is 39.7 Å². The van der Waals surface area contributed by atoms with Crippen molar-refractivity contribution in [2.75, 3.05) is 11.4 Å². The van der Waals surface area contributed by atoms with E-state index in [1.807, 2.05) is 45.0 Å². The third-order valence-electron chi connectivity index (χ3n) is 4.99. The number of carbonyl (C=O) groups is 1. The number of nitrogens with zero attached hydrogens (tertiary/aromatic N) is 1. The molecule has 5 heteroatoms. The van der Waals surface area contributed by atoms with E-state index in [9.17, 15) is 9.18 Å². The van der Waals surface area contributed by atoms with Gasteiger partial charge in [0, 0.05) is 23.8 Å². The van der Waals surface area contributed by atoms with E-state index in [0.29, 0.717) is 11.6 Å². The summed E-state index contributed by atoms with van der Waals surface area (Å²) in [5, 5.41) is 0.547. The molecule has 3 nitrogen and oxygen atoms in total. The van der Waals surface area contributed by atoms with E-state index in [4.69, 9.17) is 17.3 Å². The van der Waals surface area contributed by atoms with Gasteiger partial charge in [-0.1, -0.05) is 44.5 Å². The van der Waals surface area contributed by atoms with Crippen molar-refractivity contribution in [2.24, 2.45) is 11.1 Å². The topological polar surface area (TPSA) is 46.3 Å². The molecule has 1 aliphatic heterocycles. The predicted octanol–water partition coefficient (Wildman–Crippen LogP) is 4.66. The second kappa shape index (κ2) is 6.92. The van der Waals surface area contributed by atoms with Gasteiger partial charge >= 0.3 is 0 Å². The van der Waals surface area contributed by atoms with E-state index >= 15 is 0 Å². The van der Waals surface area contributed by atoms with Crippen molar-refractivity contribution in [3.8, 4) is 0 Å². The van der Waals surface area contributed by atoms with Gasteiger partial charge in [-0.15, -0.1) is 0 Å². The molecule has 1 amide bonds. The molecule has 3 rings (SSSR count). The SMILES string of the molecule is CC(C)(C)C(C(N)=O)c1ccc(N2CCc3cc(F)ccc3C2)cc1Cl. The third-order valence-corrected chi connectivity index (χ3v) is 5.32. The molecule has 2 aromatic rings. The molecule has 1 aliphatic rings. The molecule has 1 unspecified atom stereocenters. The van der Waals surface area contributed by atoms with Crippen LogP contribution in [0.5, 0.6) is 0 Å². The van der Waals surface area contributed by atoms with Gasteiger partial charge in [0.15, 0.2) is 0 Å². The summed E-state index contributed by atoms with van der Waals surface area (Å²) < 4.78 is 13.4. The highest BCUT2D eigenvalue weighted by Gasteiger charge is 2.33. The highest BCUT2D eigenvalue weighted by atomic mass is 35.5. The maximum absolute atomic E-state index is 13.4. The lowest BCUT2D eigenvalue weighted by Crippen LogP contribution is -2.32. The average molecular weight is 375 g/mol. The van der Waals surface area contributed by atoms with Crippen LogP contribution < -0.4 is 10.6 Å². The Morgan fingerprint density at radius 2 is 1.92 bits per heavy atom. The molecule has 0 fully saturated rings. The van der Waals surface area contributed by atoms with Crippen LogP contribution in [0.15, 0.2) is 36.4 Å². The number of hydrogen-bond acceptors (Lipinski definition) is 2. The lowest BCUT2D eigenvalue weighted by molar-refractivity contribution is -0.121. The van der Waals surface area contributed by atoms with Crippen LogP contribution in [0.4, 0.5) is 10.1 Å². The lowest BCUT2D eigenvalue weighted by Gasteiger charge is -2.32. The fourth-order valence-electron chi connectivity index (χ4n) is 3.74. The van der Waals surface area contributed by atoms with Crippen molar-refractivity contribution >= 4 is 23.2 Å². The fraction of sp³-hybridized carbons (Fsp3) is 0.381. The molecule has 0 bridgehead atoms. The predicted molar refractivity (Wildman–Crippen MR) is 104 cm³/mol. The van der Waals surface area contributed by atoms with Crippen molar-refractivity contribution in [1.82, 2.24) is 0 Å². The second-order valence-corrected chi connectivity index (χ2v) is 8.40. The van der Waals surface area contributed by atoms with Crippen LogP contribution in [0.3, 0.4) is 0 Å². The maximum atomic E-state index is 13.4. The van der Waals surface area contributed by atoms with Crippen LogP contribution in [0.2, 0.25) is 5.02 Å². The summed E-state index contributed by atoms with van der Waals surface area (Å²) in [5.74, 6) is -1.01. The van der Waals surface area contributed by atoms with Crippen molar-refractivity contribution in [3.05, 3.63) is 63.9 Å². The minimum Gasteiger partial charge on any atom is -0.369 e. The third kappa shape index (κ3) is 3.70. The number of anilines is 1. The Bertz CT molecular complexity index is 844. The Morgan fingerprint density at radius 1 is 1.19 bits per heavy atom. The summed E-state index contributed by atoms with van der Waals surface area (Å²) >= 11 is 6.53. The Hall–Kier alpha value is -2.07. The van der Waals surface area contributed by atoms with Gasteiger partial charge in [-0.3, -0.25) is 4.79 Å². The van der Waals surface area contributed by atoms with Crippen LogP contribution in [0, 0.1) is 11.2 Å². The highest BCUT2D eigenvalue weighted by molar-refractivity contribution is 6.32. The molecule has 0 aliphatic carbocycles. The zero-order valence-electron chi connectivity index (χ0n) is 15.4. The zero-order chi connectivity index (χ0) is 19.1. The highest BCUT2D eigenvalue weighted by Crippen LogP contribution is 2.39. The van der Waals surface area contributed by atoms with Gasteiger partial charge < -0.3 is 10.6 Å². The lowest BCUT2D eigenvalue weighted by atomic mass is 9.76. The molecule has 138 valence electrons. The molecule has 2 aromatic carbocycles. The van der Waals surface area contributed by atoms with E-state index in [1.165, 1.54) is 6.07 Å². The number of benzene rings is 2. The summed E-state index contributed by atoms with van der Waals surface area (Å²) in [6.45, 7) is 7.45. The minimum atomic E-state index is -0.450. The van der Waals surface area contributed by atoms with Crippen LogP contribution in [0.1, 0.15) is 43.4 Å². The van der Waals surface area contributed by atoms with E-state index < -0.39 is 5.92 Å².